The van der Waals surface area contributed by atoms with E-state index in [0.29, 0.717) is 20.5 Å². The summed E-state index contributed by atoms with van der Waals surface area (Å²) in [6.07, 6.45) is 1.59. The summed E-state index contributed by atoms with van der Waals surface area (Å²) in [5, 5.41) is 0.761. The van der Waals surface area contributed by atoms with Crippen molar-refractivity contribution in [2.24, 2.45) is 0 Å². The van der Waals surface area contributed by atoms with E-state index in [1.165, 1.54) is 0 Å². The van der Waals surface area contributed by atoms with Gasteiger partial charge in [-0.3, -0.25) is 14.2 Å². The van der Waals surface area contributed by atoms with E-state index in [0.717, 1.165) is 16.7 Å². The van der Waals surface area contributed by atoms with Gasteiger partial charge in [-0.2, -0.15) is 8.42 Å². The average Bonchev–Trinajstić information content (AvgIpc) is 2.66. The molecule has 1 amide bonds. The second kappa shape index (κ2) is 6.86. The van der Waals surface area contributed by atoms with Gasteiger partial charge >= 0.3 is 0 Å². The number of nitrogens with zero attached hydrogens (tertiary/aromatic N) is 1. The van der Waals surface area contributed by atoms with Gasteiger partial charge in [-0.25, -0.2) is 0 Å². The monoisotopic (exact) mass is 397 g/mol. The summed E-state index contributed by atoms with van der Waals surface area (Å²) in [4.78, 5) is 13.7. The highest BCUT2D eigenvalue weighted by atomic mass is 35.5. The van der Waals surface area contributed by atoms with Gasteiger partial charge in [0.05, 0.1) is 20.7 Å². The summed E-state index contributed by atoms with van der Waals surface area (Å²) in [5.74, 6) is -0.982. The van der Waals surface area contributed by atoms with Crippen molar-refractivity contribution in [3.05, 3.63) is 38.7 Å². The number of benzene rings is 1. The van der Waals surface area contributed by atoms with Gasteiger partial charge in [0.15, 0.2) is 0 Å². The first-order chi connectivity index (χ1) is 10.2. The first kappa shape index (κ1) is 17.7. The summed E-state index contributed by atoms with van der Waals surface area (Å²) >= 11 is 17.8. The van der Waals surface area contributed by atoms with Gasteiger partial charge in [-0.15, -0.1) is 0 Å². The van der Waals surface area contributed by atoms with Crippen LogP contribution in [0.2, 0.25) is 10.0 Å². The number of carbonyl (C=O) groups excluding carboxylic acids is 1. The van der Waals surface area contributed by atoms with Crippen LogP contribution in [0, 0.1) is 0 Å². The molecule has 0 radical (unpaired) electrons. The minimum atomic E-state index is -4.16. The zero-order valence-electron chi connectivity index (χ0n) is 10.8. The van der Waals surface area contributed by atoms with Gasteiger partial charge in [0.1, 0.15) is 4.32 Å². The van der Waals surface area contributed by atoms with Crippen molar-refractivity contribution in [3.8, 4) is 0 Å². The molecule has 22 heavy (non-hydrogen) atoms. The predicted molar refractivity (Wildman–Crippen MR) is 92.8 cm³/mol. The predicted octanol–water partition coefficient (Wildman–Crippen LogP) is 3.08. The van der Waals surface area contributed by atoms with Gasteiger partial charge in [-0.1, -0.05) is 53.2 Å². The van der Waals surface area contributed by atoms with E-state index in [9.17, 15) is 13.2 Å². The molecule has 0 bridgehead atoms. The summed E-state index contributed by atoms with van der Waals surface area (Å²) in [7, 11) is -4.16. The van der Waals surface area contributed by atoms with Gasteiger partial charge in [0, 0.05) is 6.54 Å². The fourth-order valence-corrected chi connectivity index (χ4v) is 3.68. The summed E-state index contributed by atoms with van der Waals surface area (Å²) in [6.45, 7) is -0.192. The minimum Gasteiger partial charge on any atom is -0.292 e. The van der Waals surface area contributed by atoms with Crippen LogP contribution in [-0.2, 0) is 14.9 Å². The normalized spacial score (nSPS) is 17.6. The maximum atomic E-state index is 12.2. The van der Waals surface area contributed by atoms with E-state index >= 15 is 0 Å². The molecule has 118 valence electrons. The molecule has 2 rings (SSSR count). The molecule has 5 nitrogen and oxygen atoms in total. The lowest BCUT2D eigenvalue weighted by Gasteiger charge is -2.12. The fraction of sp³-hybridized carbons (Fsp3) is 0.167. The second-order valence-corrected chi connectivity index (χ2v) is 8.36. The number of halogens is 2. The molecule has 1 N–H and O–H groups in total. The molecule has 0 aliphatic carbocycles. The van der Waals surface area contributed by atoms with Crippen molar-refractivity contribution in [1.29, 1.82) is 0 Å². The molecular formula is C12H9Cl2NO4S3. The van der Waals surface area contributed by atoms with Crippen LogP contribution in [0.5, 0.6) is 0 Å². The molecule has 0 spiro atoms. The third kappa shape index (κ3) is 4.43. The Morgan fingerprint density at radius 1 is 1.32 bits per heavy atom. The van der Waals surface area contributed by atoms with Crippen molar-refractivity contribution in [1.82, 2.24) is 4.90 Å². The van der Waals surface area contributed by atoms with Gasteiger partial charge in [0.25, 0.3) is 16.0 Å². The van der Waals surface area contributed by atoms with E-state index in [4.69, 9.17) is 40.0 Å². The zero-order valence-corrected chi connectivity index (χ0v) is 14.8. The van der Waals surface area contributed by atoms with Crippen LogP contribution in [0.25, 0.3) is 6.08 Å². The van der Waals surface area contributed by atoms with E-state index in [1.54, 1.807) is 24.3 Å². The first-order valence-electron chi connectivity index (χ1n) is 5.83. The van der Waals surface area contributed by atoms with Crippen LogP contribution in [0.4, 0.5) is 0 Å². The van der Waals surface area contributed by atoms with Crippen molar-refractivity contribution in [2.45, 2.75) is 0 Å². The lowest BCUT2D eigenvalue weighted by molar-refractivity contribution is -0.121. The molecule has 0 saturated carbocycles. The Morgan fingerprint density at radius 3 is 2.59 bits per heavy atom. The van der Waals surface area contributed by atoms with E-state index in [1.807, 2.05) is 0 Å². The number of hydrogen-bond acceptors (Lipinski definition) is 5. The first-order valence-corrected chi connectivity index (χ1v) is 9.42. The fourth-order valence-electron chi connectivity index (χ4n) is 1.65. The summed E-state index contributed by atoms with van der Waals surface area (Å²) in [6, 6.07) is 4.91. The maximum Gasteiger partial charge on any atom is 0.266 e. The second-order valence-electron chi connectivity index (χ2n) is 4.29. The van der Waals surface area contributed by atoms with Crippen LogP contribution in [-0.4, -0.2) is 40.4 Å². The Kier molecular flexibility index (Phi) is 5.52. The lowest BCUT2D eigenvalue weighted by Crippen LogP contribution is -2.32. The number of thioether (sulfide) groups is 1. The van der Waals surface area contributed by atoms with Crippen LogP contribution in [0.1, 0.15) is 5.56 Å². The maximum absolute atomic E-state index is 12.2. The Hall–Kier alpha value is -0.640. The Balaban J connectivity index is 2.20. The van der Waals surface area contributed by atoms with E-state index in [-0.39, 0.29) is 10.9 Å². The molecule has 1 saturated heterocycles. The van der Waals surface area contributed by atoms with E-state index in [2.05, 4.69) is 0 Å². The van der Waals surface area contributed by atoms with Crippen molar-refractivity contribution in [2.75, 3.05) is 12.3 Å². The number of amides is 1. The molecule has 1 aromatic carbocycles. The molecule has 1 aromatic rings. The molecule has 0 unspecified atom stereocenters. The number of hydrogen-bond donors (Lipinski definition) is 1. The van der Waals surface area contributed by atoms with E-state index < -0.39 is 21.8 Å². The third-order valence-electron chi connectivity index (χ3n) is 2.69. The Morgan fingerprint density at radius 2 is 2.00 bits per heavy atom. The van der Waals surface area contributed by atoms with Gasteiger partial charge in [-0.05, 0) is 23.8 Å². The molecule has 0 atom stereocenters. The number of rotatable bonds is 4. The standard InChI is InChI=1S/C12H9Cl2NO4S3/c13-8-2-1-7(5-9(8)14)6-10-11(16)15(12(20)21-10)3-4-22(17,18)19/h1-2,5-6H,3-4H2,(H,17,18,19)/b10-6+. The highest BCUT2D eigenvalue weighted by Gasteiger charge is 2.32. The molecule has 1 aliphatic heterocycles. The van der Waals surface area contributed by atoms with Crippen molar-refractivity contribution < 1.29 is 17.8 Å². The van der Waals surface area contributed by atoms with Crippen LogP contribution < -0.4 is 0 Å². The quantitative estimate of drug-likeness (QED) is 0.477. The molecule has 1 aliphatic rings. The SMILES string of the molecule is O=C1/C(=C\c2ccc(Cl)c(Cl)c2)SC(=S)N1CCS(=O)(=O)O. The Labute approximate surface area is 147 Å². The van der Waals surface area contributed by atoms with Crippen molar-refractivity contribution in [3.63, 3.8) is 0 Å². The number of carbonyl (C=O) groups is 1. The molecule has 1 heterocycles. The van der Waals surface area contributed by atoms with Gasteiger partial charge in [0.2, 0.25) is 0 Å². The highest BCUT2D eigenvalue weighted by Crippen LogP contribution is 2.33. The van der Waals surface area contributed by atoms with Crippen LogP contribution in [0.3, 0.4) is 0 Å². The molecule has 10 heteroatoms. The summed E-state index contributed by atoms with van der Waals surface area (Å²) < 4.78 is 30.5. The smallest absolute Gasteiger partial charge is 0.266 e. The van der Waals surface area contributed by atoms with Crippen LogP contribution in [0.15, 0.2) is 23.1 Å². The Bertz CT molecular complexity index is 777. The topological polar surface area (TPSA) is 74.7 Å². The average molecular weight is 398 g/mol. The van der Waals surface area contributed by atoms with Crippen LogP contribution >= 0.6 is 47.2 Å². The summed E-state index contributed by atoms with van der Waals surface area (Å²) in [5.41, 5.74) is 0.671. The largest absolute Gasteiger partial charge is 0.292 e. The highest BCUT2D eigenvalue weighted by molar-refractivity contribution is 8.26. The third-order valence-corrected chi connectivity index (χ3v) is 5.50. The zero-order chi connectivity index (χ0) is 16.5. The lowest BCUT2D eigenvalue weighted by atomic mass is 10.2. The molecular weight excluding hydrogens is 389 g/mol. The van der Waals surface area contributed by atoms with Crippen molar-refractivity contribution >= 4 is 73.6 Å². The van der Waals surface area contributed by atoms with Gasteiger partial charge < -0.3 is 0 Å². The minimum absolute atomic E-state index is 0.192. The molecule has 1 fully saturated rings. The molecule has 0 aromatic heterocycles. The number of thiocarbonyl (C=S) groups is 1.